The van der Waals surface area contributed by atoms with E-state index < -0.39 is 72.0 Å². The van der Waals surface area contributed by atoms with E-state index in [0.29, 0.717) is 6.42 Å². The fraction of sp³-hybridized carbons (Fsp3) is 0.361. The Kier molecular flexibility index (Phi) is 13.5. The Morgan fingerprint density at radius 2 is 1.36 bits per heavy atom. The van der Waals surface area contributed by atoms with Crippen molar-refractivity contribution in [3.8, 4) is 0 Å². The number of amides is 4. The molecular formula is C36H42N4O7. The second kappa shape index (κ2) is 17.5. The summed E-state index contributed by atoms with van der Waals surface area (Å²) >= 11 is 0. The Hall–Kier alpha value is -5.19. The molecule has 3 rings (SSSR count). The molecule has 3 aromatic carbocycles. The third-order valence-corrected chi connectivity index (χ3v) is 8.17. The quantitative estimate of drug-likeness (QED) is 0.144. The van der Waals surface area contributed by atoms with Crippen LogP contribution in [-0.4, -0.2) is 53.6 Å². The highest BCUT2D eigenvalue weighted by Gasteiger charge is 2.34. The van der Waals surface area contributed by atoms with Crippen LogP contribution in [-0.2, 0) is 46.4 Å². The number of hydrogen-bond acceptors (Lipinski definition) is 7. The first-order chi connectivity index (χ1) is 22.4. The predicted molar refractivity (Wildman–Crippen MR) is 176 cm³/mol. The van der Waals surface area contributed by atoms with E-state index in [4.69, 9.17) is 11.5 Å². The minimum atomic E-state index is -1.28. The van der Waals surface area contributed by atoms with Crippen molar-refractivity contribution in [3.05, 3.63) is 83.9 Å². The van der Waals surface area contributed by atoms with Crippen molar-refractivity contribution in [2.75, 3.05) is 6.54 Å². The summed E-state index contributed by atoms with van der Waals surface area (Å²) in [6, 6.07) is 21.0. The summed E-state index contributed by atoms with van der Waals surface area (Å²) in [4.78, 5) is 88.7. The van der Waals surface area contributed by atoms with E-state index in [1.807, 2.05) is 42.5 Å². The van der Waals surface area contributed by atoms with Gasteiger partial charge in [0.05, 0.1) is 18.5 Å². The number of Topliss-reactive ketones (excluding diaryl/α,β-unsaturated/α-hetero) is 3. The number of fused-ring (bicyclic) bond motifs is 1. The van der Waals surface area contributed by atoms with E-state index in [1.165, 1.54) is 0 Å². The maximum absolute atomic E-state index is 13.2. The molecule has 0 saturated carbocycles. The lowest BCUT2D eigenvalue weighted by molar-refractivity contribution is -0.142. The minimum Gasteiger partial charge on any atom is -0.370 e. The number of carbonyl (C=O) groups is 7. The van der Waals surface area contributed by atoms with Crippen LogP contribution >= 0.6 is 0 Å². The van der Waals surface area contributed by atoms with Gasteiger partial charge in [-0.1, -0.05) is 93.1 Å². The normalized spacial score (nSPS) is 13.5. The molecule has 11 heteroatoms. The van der Waals surface area contributed by atoms with Gasteiger partial charge >= 0.3 is 0 Å². The molecule has 0 saturated heterocycles. The Bertz CT molecular complexity index is 1620. The molecule has 0 bridgehead atoms. The maximum Gasteiger partial charge on any atom is 0.289 e. The van der Waals surface area contributed by atoms with Crippen LogP contribution in [0.4, 0.5) is 0 Å². The number of primary amides is 2. The summed E-state index contributed by atoms with van der Waals surface area (Å²) in [5.74, 6) is -7.56. The first kappa shape index (κ1) is 36.3. The molecule has 4 amide bonds. The largest absolute Gasteiger partial charge is 0.370 e. The molecule has 0 aliphatic rings. The van der Waals surface area contributed by atoms with Gasteiger partial charge in [-0.3, -0.25) is 33.6 Å². The lowest BCUT2D eigenvalue weighted by atomic mass is 9.91. The smallest absolute Gasteiger partial charge is 0.289 e. The summed E-state index contributed by atoms with van der Waals surface area (Å²) in [5.41, 5.74) is 12.5. The Morgan fingerprint density at radius 1 is 0.723 bits per heavy atom. The lowest BCUT2D eigenvalue weighted by Gasteiger charge is -2.25. The molecular weight excluding hydrogens is 600 g/mol. The third-order valence-electron chi connectivity index (χ3n) is 8.17. The van der Waals surface area contributed by atoms with Crippen molar-refractivity contribution in [2.24, 2.45) is 29.2 Å². The molecule has 4 atom stereocenters. The second-order valence-electron chi connectivity index (χ2n) is 11.9. The summed E-state index contributed by atoms with van der Waals surface area (Å²) in [6.07, 6.45) is -0.270. The average Bonchev–Trinajstić information content (AvgIpc) is 3.04. The molecule has 0 heterocycles. The van der Waals surface area contributed by atoms with Gasteiger partial charge in [-0.25, -0.2) is 0 Å². The molecule has 1 unspecified atom stereocenters. The molecule has 0 spiro atoms. The Morgan fingerprint density at radius 3 is 2.00 bits per heavy atom. The predicted octanol–water partition coefficient (Wildman–Crippen LogP) is 2.35. The monoisotopic (exact) mass is 642 g/mol. The van der Waals surface area contributed by atoms with Gasteiger partial charge < -0.3 is 22.1 Å². The van der Waals surface area contributed by atoms with Gasteiger partial charge in [-0.05, 0) is 34.2 Å². The van der Waals surface area contributed by atoms with E-state index in [9.17, 15) is 33.6 Å². The summed E-state index contributed by atoms with van der Waals surface area (Å²) < 4.78 is 0. The number of nitrogens with one attached hydrogen (secondary N) is 2. The highest BCUT2D eigenvalue weighted by Crippen LogP contribution is 2.20. The van der Waals surface area contributed by atoms with E-state index in [-0.39, 0.29) is 31.5 Å². The van der Waals surface area contributed by atoms with Crippen LogP contribution < -0.4 is 22.1 Å². The average molecular weight is 643 g/mol. The maximum atomic E-state index is 13.2. The van der Waals surface area contributed by atoms with Crippen molar-refractivity contribution in [2.45, 2.75) is 58.4 Å². The van der Waals surface area contributed by atoms with Crippen molar-refractivity contribution >= 4 is 51.8 Å². The number of carbonyl (C=O) groups excluding carboxylic acids is 7. The van der Waals surface area contributed by atoms with Crippen molar-refractivity contribution in [1.82, 2.24) is 10.6 Å². The number of rotatable bonds is 19. The highest BCUT2D eigenvalue weighted by atomic mass is 16.2. The van der Waals surface area contributed by atoms with Crippen LogP contribution in [0.3, 0.4) is 0 Å². The molecule has 0 aliphatic heterocycles. The van der Waals surface area contributed by atoms with Gasteiger partial charge in [-0.15, -0.1) is 0 Å². The molecule has 248 valence electrons. The highest BCUT2D eigenvalue weighted by molar-refractivity contribution is 6.38. The summed E-state index contributed by atoms with van der Waals surface area (Å²) in [6.45, 7) is 2.91. The standard InChI is InChI=1S/C36H42N4O7/c1-3-22(2)32(40-35(46)28(20-31(37)43)19-29(41)17-23-9-5-4-6-10-23)33(44)36(47)39-21-30(42)18-27(34(38)45)16-24-13-14-25-11-7-8-12-26(25)15-24/h4-15,22,27-28,32H,3,16-21H2,1-2H3,(H2,37,43)(H2,38,45)(H,39,47)(H,40,46)/t22-,27+,28-,32?/m0/s1. The molecule has 3 aromatic rings. The van der Waals surface area contributed by atoms with E-state index in [0.717, 1.165) is 21.9 Å². The van der Waals surface area contributed by atoms with Crippen LogP contribution in [0.2, 0.25) is 0 Å². The van der Waals surface area contributed by atoms with Crippen molar-refractivity contribution in [1.29, 1.82) is 0 Å². The molecule has 0 aliphatic carbocycles. The molecule has 0 radical (unpaired) electrons. The zero-order chi connectivity index (χ0) is 34.5. The number of benzene rings is 3. The van der Waals surface area contributed by atoms with Gasteiger partial charge in [0.25, 0.3) is 5.91 Å². The molecule has 11 nitrogen and oxygen atoms in total. The first-order valence-electron chi connectivity index (χ1n) is 15.6. The Balaban J connectivity index is 1.61. The number of hydrogen-bond donors (Lipinski definition) is 4. The zero-order valence-corrected chi connectivity index (χ0v) is 26.7. The minimum absolute atomic E-state index is 0.0480. The van der Waals surface area contributed by atoms with E-state index in [1.54, 1.807) is 44.2 Å². The number of ketones is 3. The third kappa shape index (κ3) is 11.3. The van der Waals surface area contributed by atoms with Gasteiger partial charge in [-0.2, -0.15) is 0 Å². The van der Waals surface area contributed by atoms with E-state index in [2.05, 4.69) is 10.6 Å². The zero-order valence-electron chi connectivity index (χ0n) is 26.7. The van der Waals surface area contributed by atoms with Crippen LogP contribution in [0.1, 0.15) is 50.7 Å². The summed E-state index contributed by atoms with van der Waals surface area (Å²) in [7, 11) is 0. The topological polar surface area (TPSA) is 196 Å². The fourth-order valence-corrected chi connectivity index (χ4v) is 5.32. The Labute approximate surface area is 273 Å². The van der Waals surface area contributed by atoms with Crippen molar-refractivity contribution < 1.29 is 33.6 Å². The molecule has 47 heavy (non-hydrogen) atoms. The van der Waals surface area contributed by atoms with Crippen LogP contribution in [0.25, 0.3) is 10.8 Å². The second-order valence-corrected chi connectivity index (χ2v) is 11.9. The van der Waals surface area contributed by atoms with E-state index >= 15 is 0 Å². The van der Waals surface area contributed by atoms with Gasteiger partial charge in [0.15, 0.2) is 5.78 Å². The van der Waals surface area contributed by atoms with Crippen LogP contribution in [0, 0.1) is 17.8 Å². The molecule has 6 N–H and O–H groups in total. The lowest BCUT2D eigenvalue weighted by Crippen LogP contribution is -2.53. The summed E-state index contributed by atoms with van der Waals surface area (Å²) in [5, 5.41) is 6.85. The molecule has 0 aromatic heterocycles. The fourth-order valence-electron chi connectivity index (χ4n) is 5.32. The SMILES string of the molecule is CC[C@H](C)C(NC(=O)[C@H](CC(N)=O)CC(=O)Cc1ccccc1)C(=O)C(=O)NCC(=O)C[C@@H](Cc1ccc2ccccc2c1)C(N)=O. The number of nitrogens with two attached hydrogens (primary N) is 2. The van der Waals surface area contributed by atoms with Gasteiger partial charge in [0.2, 0.25) is 23.5 Å². The van der Waals surface area contributed by atoms with Crippen LogP contribution in [0.15, 0.2) is 72.8 Å². The van der Waals surface area contributed by atoms with Crippen LogP contribution in [0.5, 0.6) is 0 Å². The van der Waals surface area contributed by atoms with Crippen molar-refractivity contribution in [3.63, 3.8) is 0 Å². The first-order valence-corrected chi connectivity index (χ1v) is 15.6. The van der Waals surface area contributed by atoms with Gasteiger partial charge in [0.1, 0.15) is 5.78 Å². The molecule has 0 fully saturated rings. The van der Waals surface area contributed by atoms with Gasteiger partial charge in [0, 0.05) is 31.6 Å².